The number of hydrogen-bond donors (Lipinski definition) is 1. The summed E-state index contributed by atoms with van der Waals surface area (Å²) in [5, 5.41) is 11.2. The summed E-state index contributed by atoms with van der Waals surface area (Å²) >= 11 is 0. The number of methoxy groups -OCH3 is 2. The van der Waals surface area contributed by atoms with E-state index >= 15 is 0 Å². The lowest BCUT2D eigenvalue weighted by atomic mass is 10.00. The van der Waals surface area contributed by atoms with E-state index in [4.69, 9.17) is 14.5 Å². The van der Waals surface area contributed by atoms with Gasteiger partial charge in [0.15, 0.2) is 11.5 Å². The van der Waals surface area contributed by atoms with E-state index in [2.05, 4.69) is 36.1 Å². The molecule has 2 heterocycles. The van der Waals surface area contributed by atoms with Gasteiger partial charge < -0.3 is 14.6 Å². The van der Waals surface area contributed by atoms with E-state index in [0.29, 0.717) is 18.0 Å². The average Bonchev–Trinajstić information content (AvgIpc) is 2.73. The summed E-state index contributed by atoms with van der Waals surface area (Å²) in [5.74, 6) is 1.39. The Labute approximate surface area is 171 Å². The summed E-state index contributed by atoms with van der Waals surface area (Å²) in [6, 6.07) is 14.5. The van der Waals surface area contributed by atoms with E-state index in [1.807, 2.05) is 18.2 Å². The summed E-state index contributed by atoms with van der Waals surface area (Å²) < 4.78 is 10.9. The molecule has 0 spiro atoms. The number of rotatable bonds is 5. The van der Waals surface area contributed by atoms with E-state index in [1.54, 1.807) is 14.2 Å². The first-order valence-electron chi connectivity index (χ1n) is 10.1. The van der Waals surface area contributed by atoms with Crippen molar-refractivity contribution in [3.05, 3.63) is 53.6 Å². The zero-order chi connectivity index (χ0) is 20.4. The quantitative estimate of drug-likeness (QED) is 0.706. The molecule has 0 bridgehead atoms. The van der Waals surface area contributed by atoms with Crippen molar-refractivity contribution in [1.29, 1.82) is 0 Å². The van der Waals surface area contributed by atoms with Crippen LogP contribution in [0.25, 0.3) is 22.2 Å². The third-order valence-electron chi connectivity index (χ3n) is 5.66. The van der Waals surface area contributed by atoms with Crippen molar-refractivity contribution in [2.45, 2.75) is 32.4 Å². The Kier molecular flexibility index (Phi) is 5.69. The zero-order valence-corrected chi connectivity index (χ0v) is 17.3. The Balaban J connectivity index is 1.83. The van der Waals surface area contributed by atoms with Gasteiger partial charge in [-0.05, 0) is 61.7 Å². The molecule has 152 valence electrons. The average molecular weight is 392 g/mol. The highest BCUT2D eigenvalue weighted by atomic mass is 16.5. The van der Waals surface area contributed by atoms with E-state index in [1.165, 1.54) is 0 Å². The molecule has 1 atom stereocenters. The Morgan fingerprint density at radius 3 is 2.69 bits per heavy atom. The maximum Gasteiger partial charge on any atom is 0.161 e. The van der Waals surface area contributed by atoms with Crippen molar-refractivity contribution in [1.82, 2.24) is 9.88 Å². The molecule has 1 saturated heterocycles. The van der Waals surface area contributed by atoms with Crippen LogP contribution in [-0.4, -0.2) is 48.4 Å². The highest BCUT2D eigenvalue weighted by Gasteiger charge is 2.20. The maximum atomic E-state index is 10.1. The smallest absolute Gasteiger partial charge is 0.161 e. The highest BCUT2D eigenvalue weighted by molar-refractivity contribution is 5.86. The molecule has 2 aromatic carbocycles. The Morgan fingerprint density at radius 2 is 1.93 bits per heavy atom. The standard InChI is InChI=1S/C24H28N2O3/c1-16-6-4-7-17-12-19(14-26-11-5-8-20(27)15-26)24(25-23(16)17)18-9-10-21(28-2)22(13-18)29-3/h4,6-7,9-10,12-13,20,27H,5,8,11,14-15H2,1-3H3. The monoisotopic (exact) mass is 392 g/mol. The third kappa shape index (κ3) is 4.07. The lowest BCUT2D eigenvalue weighted by Gasteiger charge is -2.30. The van der Waals surface area contributed by atoms with Gasteiger partial charge in [0.2, 0.25) is 0 Å². The Morgan fingerprint density at radius 1 is 1.10 bits per heavy atom. The number of benzene rings is 2. The molecular weight excluding hydrogens is 364 g/mol. The van der Waals surface area contributed by atoms with Gasteiger partial charge in [-0.2, -0.15) is 0 Å². The van der Waals surface area contributed by atoms with Gasteiger partial charge in [0.05, 0.1) is 31.5 Å². The minimum atomic E-state index is -0.246. The molecule has 1 aliphatic heterocycles. The molecule has 0 radical (unpaired) electrons. The predicted octanol–water partition coefficient (Wildman–Crippen LogP) is 4.18. The fourth-order valence-electron chi connectivity index (χ4n) is 4.16. The van der Waals surface area contributed by atoms with Gasteiger partial charge >= 0.3 is 0 Å². The third-order valence-corrected chi connectivity index (χ3v) is 5.66. The van der Waals surface area contributed by atoms with E-state index < -0.39 is 0 Å². The van der Waals surface area contributed by atoms with Crippen LogP contribution in [0.4, 0.5) is 0 Å². The van der Waals surface area contributed by atoms with Crippen LogP contribution in [0.5, 0.6) is 11.5 Å². The number of ether oxygens (including phenoxy) is 2. The Bertz CT molecular complexity index is 1020. The molecule has 1 aliphatic rings. The first-order chi connectivity index (χ1) is 14.1. The van der Waals surface area contributed by atoms with Crippen molar-refractivity contribution < 1.29 is 14.6 Å². The van der Waals surface area contributed by atoms with Crippen LogP contribution in [0.2, 0.25) is 0 Å². The van der Waals surface area contributed by atoms with Crippen molar-refractivity contribution in [3.63, 3.8) is 0 Å². The van der Waals surface area contributed by atoms with Gasteiger partial charge in [-0.25, -0.2) is 4.98 Å². The molecule has 3 aromatic rings. The lowest BCUT2D eigenvalue weighted by molar-refractivity contribution is 0.0669. The molecule has 0 amide bonds. The number of aliphatic hydroxyl groups excluding tert-OH is 1. The van der Waals surface area contributed by atoms with Crippen LogP contribution >= 0.6 is 0 Å². The SMILES string of the molecule is COc1ccc(-c2nc3c(C)cccc3cc2CN2CCCC(O)C2)cc1OC. The molecular formula is C24H28N2O3. The number of para-hydroxylation sites is 1. The van der Waals surface area contributed by atoms with Gasteiger partial charge in [0.25, 0.3) is 0 Å². The van der Waals surface area contributed by atoms with Crippen LogP contribution < -0.4 is 9.47 Å². The second kappa shape index (κ2) is 8.39. The first-order valence-corrected chi connectivity index (χ1v) is 10.1. The van der Waals surface area contributed by atoms with Crippen molar-refractivity contribution in [2.75, 3.05) is 27.3 Å². The van der Waals surface area contributed by atoms with E-state index in [0.717, 1.165) is 59.2 Å². The lowest BCUT2D eigenvalue weighted by Crippen LogP contribution is -2.37. The molecule has 4 rings (SSSR count). The van der Waals surface area contributed by atoms with Crippen molar-refractivity contribution >= 4 is 10.9 Å². The van der Waals surface area contributed by atoms with Crippen molar-refractivity contribution in [3.8, 4) is 22.8 Å². The topological polar surface area (TPSA) is 54.8 Å². The predicted molar refractivity (Wildman–Crippen MR) is 116 cm³/mol. The van der Waals surface area contributed by atoms with E-state index in [9.17, 15) is 5.11 Å². The van der Waals surface area contributed by atoms with Gasteiger partial charge in [-0.15, -0.1) is 0 Å². The molecule has 1 aromatic heterocycles. The van der Waals surface area contributed by atoms with Gasteiger partial charge in [0.1, 0.15) is 0 Å². The molecule has 29 heavy (non-hydrogen) atoms. The van der Waals surface area contributed by atoms with Crippen LogP contribution in [0, 0.1) is 6.92 Å². The van der Waals surface area contributed by atoms with Gasteiger partial charge in [0, 0.05) is 24.0 Å². The van der Waals surface area contributed by atoms with Gasteiger partial charge in [-0.1, -0.05) is 18.2 Å². The number of fused-ring (bicyclic) bond motifs is 1. The molecule has 1 unspecified atom stereocenters. The van der Waals surface area contributed by atoms with Crippen LogP contribution in [0.1, 0.15) is 24.0 Å². The van der Waals surface area contributed by atoms with Crippen LogP contribution in [-0.2, 0) is 6.54 Å². The number of β-amino-alcohol motifs (C(OH)–C–C–N with tert-alkyl or cyclic N) is 1. The number of pyridine rings is 1. The van der Waals surface area contributed by atoms with Crippen molar-refractivity contribution in [2.24, 2.45) is 0 Å². The number of aryl methyl sites for hydroxylation is 1. The summed E-state index contributed by atoms with van der Waals surface area (Å²) in [4.78, 5) is 7.39. The minimum Gasteiger partial charge on any atom is -0.493 e. The summed E-state index contributed by atoms with van der Waals surface area (Å²) in [6.07, 6.45) is 1.66. The van der Waals surface area contributed by atoms with Gasteiger partial charge in [-0.3, -0.25) is 4.90 Å². The summed E-state index contributed by atoms with van der Waals surface area (Å²) in [7, 11) is 3.29. The van der Waals surface area contributed by atoms with E-state index in [-0.39, 0.29) is 6.10 Å². The number of likely N-dealkylation sites (tertiary alicyclic amines) is 1. The number of nitrogens with zero attached hydrogens (tertiary/aromatic N) is 2. The number of piperidine rings is 1. The zero-order valence-electron chi connectivity index (χ0n) is 17.3. The molecule has 1 N–H and O–H groups in total. The molecule has 5 heteroatoms. The van der Waals surface area contributed by atoms with Crippen LogP contribution in [0.15, 0.2) is 42.5 Å². The molecule has 0 saturated carbocycles. The maximum absolute atomic E-state index is 10.1. The number of aliphatic hydroxyl groups is 1. The largest absolute Gasteiger partial charge is 0.493 e. The molecule has 0 aliphatic carbocycles. The molecule has 5 nitrogen and oxygen atoms in total. The number of hydrogen-bond acceptors (Lipinski definition) is 5. The number of aromatic nitrogens is 1. The minimum absolute atomic E-state index is 0.246. The second-order valence-electron chi connectivity index (χ2n) is 7.74. The highest BCUT2D eigenvalue weighted by Crippen LogP contribution is 2.35. The fraction of sp³-hybridized carbons (Fsp3) is 0.375. The molecule has 1 fully saturated rings. The first kappa shape index (κ1) is 19.7. The second-order valence-corrected chi connectivity index (χ2v) is 7.74. The van der Waals surface area contributed by atoms with Crippen LogP contribution in [0.3, 0.4) is 0 Å². The summed E-state index contributed by atoms with van der Waals surface area (Å²) in [6.45, 7) is 4.55. The Hall–Kier alpha value is -2.63. The fourth-order valence-corrected chi connectivity index (χ4v) is 4.16. The summed E-state index contributed by atoms with van der Waals surface area (Å²) in [5.41, 5.74) is 5.28. The normalized spacial score (nSPS) is 17.4.